The molecule has 1 saturated carbocycles. The topological polar surface area (TPSA) is 36.4 Å². The number of carbonyl (C=O) groups is 1. The van der Waals surface area contributed by atoms with Crippen LogP contribution in [0.2, 0.25) is 5.02 Å². The van der Waals surface area contributed by atoms with Gasteiger partial charge in [0.05, 0.1) is 10.2 Å². The first-order chi connectivity index (χ1) is 11.0. The molecule has 1 aromatic heterocycles. The standard InChI is InChI=1S/C17H22ClN3OS/c1-11-9-13(18)10-14-15(11)19-17(23-14)21(8-4-7-20(2)3)16(22)12-5-6-12/h9-10,12H,4-8H2,1-3H3. The van der Waals surface area contributed by atoms with Gasteiger partial charge in [-0.2, -0.15) is 0 Å². The molecule has 1 fully saturated rings. The molecular formula is C17H22ClN3OS. The molecule has 1 aromatic carbocycles. The molecule has 4 nitrogen and oxygen atoms in total. The fraction of sp³-hybridized carbons (Fsp3) is 0.529. The van der Waals surface area contributed by atoms with Crippen LogP contribution in [0.1, 0.15) is 24.8 Å². The number of benzene rings is 1. The maximum absolute atomic E-state index is 12.7. The maximum atomic E-state index is 12.7. The lowest BCUT2D eigenvalue weighted by atomic mass is 10.2. The van der Waals surface area contributed by atoms with Crippen molar-refractivity contribution >= 4 is 44.2 Å². The van der Waals surface area contributed by atoms with Crippen LogP contribution in [0, 0.1) is 12.8 Å². The van der Waals surface area contributed by atoms with E-state index in [0.29, 0.717) is 0 Å². The Hall–Kier alpha value is -1.17. The number of fused-ring (bicyclic) bond motifs is 1. The molecule has 0 saturated heterocycles. The third kappa shape index (κ3) is 3.84. The molecule has 3 rings (SSSR count). The molecule has 23 heavy (non-hydrogen) atoms. The van der Waals surface area contributed by atoms with E-state index in [-0.39, 0.29) is 11.8 Å². The van der Waals surface area contributed by atoms with Gasteiger partial charge in [-0.05, 0) is 64.5 Å². The fourth-order valence-electron chi connectivity index (χ4n) is 2.65. The lowest BCUT2D eigenvalue weighted by Gasteiger charge is -2.20. The van der Waals surface area contributed by atoms with E-state index >= 15 is 0 Å². The molecule has 124 valence electrons. The van der Waals surface area contributed by atoms with Crippen molar-refractivity contribution in [1.29, 1.82) is 0 Å². The van der Waals surface area contributed by atoms with Crippen molar-refractivity contribution in [3.63, 3.8) is 0 Å². The number of amides is 1. The van der Waals surface area contributed by atoms with Gasteiger partial charge in [0.25, 0.3) is 0 Å². The van der Waals surface area contributed by atoms with E-state index in [1.807, 2.05) is 24.0 Å². The van der Waals surface area contributed by atoms with E-state index in [4.69, 9.17) is 16.6 Å². The number of anilines is 1. The zero-order chi connectivity index (χ0) is 16.6. The first kappa shape index (κ1) is 16.7. The Morgan fingerprint density at radius 2 is 2.09 bits per heavy atom. The van der Waals surface area contributed by atoms with Gasteiger partial charge in [-0.3, -0.25) is 9.69 Å². The highest BCUT2D eigenvalue weighted by Gasteiger charge is 2.35. The van der Waals surface area contributed by atoms with Crippen LogP contribution in [-0.2, 0) is 4.79 Å². The molecule has 1 heterocycles. The van der Waals surface area contributed by atoms with Crippen LogP contribution in [0.3, 0.4) is 0 Å². The molecule has 6 heteroatoms. The number of hydrogen-bond acceptors (Lipinski definition) is 4. The summed E-state index contributed by atoms with van der Waals surface area (Å²) < 4.78 is 1.05. The van der Waals surface area contributed by atoms with E-state index < -0.39 is 0 Å². The molecular weight excluding hydrogens is 330 g/mol. The summed E-state index contributed by atoms with van der Waals surface area (Å²) in [5.41, 5.74) is 2.01. The molecule has 0 radical (unpaired) electrons. The molecule has 0 atom stereocenters. The third-order valence-corrected chi connectivity index (χ3v) is 5.29. The van der Waals surface area contributed by atoms with Crippen LogP contribution in [-0.4, -0.2) is 43.0 Å². The molecule has 1 aliphatic rings. The fourth-order valence-corrected chi connectivity index (χ4v) is 4.11. The first-order valence-electron chi connectivity index (χ1n) is 7.98. The van der Waals surface area contributed by atoms with Crippen molar-refractivity contribution in [2.75, 3.05) is 32.1 Å². The lowest BCUT2D eigenvalue weighted by molar-refractivity contribution is -0.119. The Morgan fingerprint density at radius 1 is 1.35 bits per heavy atom. The summed E-state index contributed by atoms with van der Waals surface area (Å²) in [6, 6.07) is 3.86. The van der Waals surface area contributed by atoms with Crippen molar-refractivity contribution in [1.82, 2.24) is 9.88 Å². The molecule has 1 amide bonds. The molecule has 0 aliphatic heterocycles. The Balaban J connectivity index is 1.88. The van der Waals surface area contributed by atoms with Crippen molar-refractivity contribution in [2.45, 2.75) is 26.2 Å². The van der Waals surface area contributed by atoms with Gasteiger partial charge in [0.2, 0.25) is 5.91 Å². The van der Waals surface area contributed by atoms with Gasteiger partial charge in [0.1, 0.15) is 0 Å². The van der Waals surface area contributed by atoms with E-state index in [1.54, 1.807) is 11.3 Å². The number of hydrogen-bond donors (Lipinski definition) is 0. The van der Waals surface area contributed by atoms with Crippen molar-refractivity contribution in [2.24, 2.45) is 5.92 Å². The predicted octanol–water partition coefficient (Wildman–Crippen LogP) is 3.95. The zero-order valence-electron chi connectivity index (χ0n) is 13.8. The Morgan fingerprint density at radius 3 is 2.74 bits per heavy atom. The van der Waals surface area contributed by atoms with E-state index in [1.165, 1.54) is 0 Å². The smallest absolute Gasteiger partial charge is 0.231 e. The van der Waals surface area contributed by atoms with Crippen LogP contribution >= 0.6 is 22.9 Å². The summed E-state index contributed by atoms with van der Waals surface area (Å²) in [5, 5.41) is 1.53. The number of aryl methyl sites for hydroxylation is 1. The van der Waals surface area contributed by atoms with Gasteiger partial charge < -0.3 is 4.90 Å². The van der Waals surface area contributed by atoms with E-state index in [0.717, 1.165) is 58.3 Å². The molecule has 0 unspecified atom stereocenters. The van der Waals surface area contributed by atoms with Crippen LogP contribution in [0.4, 0.5) is 5.13 Å². The molecule has 2 aromatic rings. The van der Waals surface area contributed by atoms with Crippen LogP contribution < -0.4 is 4.90 Å². The average Bonchev–Trinajstić information content (AvgIpc) is 3.23. The van der Waals surface area contributed by atoms with Gasteiger partial charge >= 0.3 is 0 Å². The second kappa shape index (κ2) is 6.75. The van der Waals surface area contributed by atoms with E-state index in [2.05, 4.69) is 19.0 Å². The van der Waals surface area contributed by atoms with Crippen molar-refractivity contribution < 1.29 is 4.79 Å². The third-order valence-electron chi connectivity index (χ3n) is 4.05. The lowest BCUT2D eigenvalue weighted by Crippen LogP contribution is -2.34. The Kier molecular flexibility index (Phi) is 4.90. The monoisotopic (exact) mass is 351 g/mol. The van der Waals surface area contributed by atoms with Crippen LogP contribution in [0.15, 0.2) is 12.1 Å². The molecule has 0 N–H and O–H groups in total. The summed E-state index contributed by atoms with van der Waals surface area (Å²) in [7, 11) is 4.10. The van der Waals surface area contributed by atoms with Gasteiger partial charge in [-0.1, -0.05) is 22.9 Å². The van der Waals surface area contributed by atoms with E-state index in [9.17, 15) is 4.79 Å². The average molecular weight is 352 g/mol. The Labute approximate surface area is 146 Å². The number of thiazole rings is 1. The van der Waals surface area contributed by atoms with Gasteiger partial charge in [-0.15, -0.1) is 0 Å². The Bertz CT molecular complexity index is 724. The minimum absolute atomic E-state index is 0.200. The number of halogens is 1. The van der Waals surface area contributed by atoms with Gasteiger partial charge in [0.15, 0.2) is 5.13 Å². The minimum Gasteiger partial charge on any atom is -0.309 e. The maximum Gasteiger partial charge on any atom is 0.231 e. The predicted molar refractivity (Wildman–Crippen MR) is 97.6 cm³/mol. The van der Waals surface area contributed by atoms with Crippen LogP contribution in [0.25, 0.3) is 10.2 Å². The summed E-state index contributed by atoms with van der Waals surface area (Å²) in [6.07, 6.45) is 2.97. The van der Waals surface area contributed by atoms with Gasteiger partial charge in [-0.25, -0.2) is 4.98 Å². The summed E-state index contributed by atoms with van der Waals surface area (Å²) in [5.74, 6) is 0.428. The summed E-state index contributed by atoms with van der Waals surface area (Å²) in [6.45, 7) is 3.70. The highest BCUT2D eigenvalue weighted by atomic mass is 35.5. The quantitative estimate of drug-likeness (QED) is 0.790. The van der Waals surface area contributed by atoms with Crippen molar-refractivity contribution in [3.05, 3.63) is 22.7 Å². The summed E-state index contributed by atoms with van der Waals surface area (Å²) in [4.78, 5) is 21.4. The van der Waals surface area contributed by atoms with Gasteiger partial charge in [0, 0.05) is 17.5 Å². The SMILES string of the molecule is Cc1cc(Cl)cc2sc(N(CCCN(C)C)C(=O)C3CC3)nc12. The number of aromatic nitrogens is 1. The van der Waals surface area contributed by atoms with Crippen molar-refractivity contribution in [3.8, 4) is 0 Å². The number of rotatable bonds is 6. The number of nitrogens with zero attached hydrogens (tertiary/aromatic N) is 3. The van der Waals surface area contributed by atoms with Crippen LogP contribution in [0.5, 0.6) is 0 Å². The highest BCUT2D eigenvalue weighted by Crippen LogP contribution is 2.37. The minimum atomic E-state index is 0.200. The zero-order valence-corrected chi connectivity index (χ0v) is 15.4. The normalized spacial score (nSPS) is 14.7. The second-order valence-electron chi connectivity index (χ2n) is 6.49. The number of carbonyl (C=O) groups excluding carboxylic acids is 1. The second-order valence-corrected chi connectivity index (χ2v) is 7.93. The summed E-state index contributed by atoms with van der Waals surface area (Å²) >= 11 is 7.71. The molecule has 0 spiro atoms. The largest absolute Gasteiger partial charge is 0.309 e. The molecule has 1 aliphatic carbocycles. The first-order valence-corrected chi connectivity index (χ1v) is 9.18. The highest BCUT2D eigenvalue weighted by molar-refractivity contribution is 7.22. The molecule has 0 bridgehead atoms.